The van der Waals surface area contributed by atoms with Crippen LogP contribution in [0.3, 0.4) is 0 Å². The number of likely N-dealkylation sites (N-methyl/N-ethyl adjacent to an activating group) is 1. The molecule has 9 heteroatoms. The van der Waals surface area contributed by atoms with Gasteiger partial charge in [0, 0.05) is 12.6 Å². The van der Waals surface area contributed by atoms with E-state index in [-0.39, 0.29) is 6.54 Å². The summed E-state index contributed by atoms with van der Waals surface area (Å²) in [5, 5.41) is 2.53. The van der Waals surface area contributed by atoms with Crippen LogP contribution in [-0.2, 0) is 14.4 Å². The summed E-state index contributed by atoms with van der Waals surface area (Å²) in [5.74, 6) is -1.69. The second-order valence-electron chi connectivity index (χ2n) is 4.84. The first-order valence-corrected chi connectivity index (χ1v) is 7.12. The van der Waals surface area contributed by atoms with Gasteiger partial charge in [-0.3, -0.25) is 19.3 Å². The van der Waals surface area contributed by atoms with Crippen molar-refractivity contribution in [2.45, 2.75) is 6.92 Å². The molecule has 1 aliphatic rings. The molecule has 0 saturated carbocycles. The minimum Gasteiger partial charge on any atom is -0.497 e. The lowest BCUT2D eigenvalue weighted by molar-refractivity contribution is -0.143. The molecule has 0 aliphatic carbocycles. The minimum absolute atomic E-state index is 0.0633. The summed E-state index contributed by atoms with van der Waals surface area (Å²) >= 11 is 0. The van der Waals surface area contributed by atoms with Crippen LogP contribution in [0.4, 0.5) is 10.5 Å². The fraction of sp³-hybridized carbons (Fsp3) is 0.333. The van der Waals surface area contributed by atoms with Crippen LogP contribution in [0.25, 0.3) is 0 Å². The Balaban J connectivity index is 2.10. The van der Waals surface area contributed by atoms with Gasteiger partial charge in [-0.2, -0.15) is 0 Å². The summed E-state index contributed by atoms with van der Waals surface area (Å²) in [7, 11) is 2.92. The summed E-state index contributed by atoms with van der Waals surface area (Å²) < 4.78 is 10.2. The molecular weight excluding hydrogens is 318 g/mol. The summed E-state index contributed by atoms with van der Waals surface area (Å²) in [6.07, 6.45) is 0. The van der Waals surface area contributed by atoms with Gasteiger partial charge in [0.25, 0.3) is 0 Å². The first-order valence-electron chi connectivity index (χ1n) is 7.12. The second kappa shape index (κ2) is 6.99. The zero-order valence-corrected chi connectivity index (χ0v) is 13.5. The number of amides is 5. The molecule has 1 aromatic carbocycles. The van der Waals surface area contributed by atoms with Crippen LogP contribution in [0.5, 0.6) is 11.5 Å². The number of hydrogen-bond acceptors (Lipinski definition) is 6. The molecule has 0 aromatic heterocycles. The van der Waals surface area contributed by atoms with Gasteiger partial charge in [-0.15, -0.1) is 0 Å². The number of methoxy groups -OCH3 is 2. The molecule has 0 atom stereocenters. The normalized spacial score (nSPS) is 14.2. The number of anilines is 1. The Morgan fingerprint density at radius 2 is 1.75 bits per heavy atom. The topological polar surface area (TPSA) is 105 Å². The predicted molar refractivity (Wildman–Crippen MR) is 82.7 cm³/mol. The van der Waals surface area contributed by atoms with Crippen molar-refractivity contribution in [3.8, 4) is 11.5 Å². The molecule has 1 N–H and O–H groups in total. The van der Waals surface area contributed by atoms with E-state index in [1.807, 2.05) is 0 Å². The van der Waals surface area contributed by atoms with Crippen molar-refractivity contribution in [3.05, 3.63) is 18.2 Å². The molecule has 0 radical (unpaired) electrons. The third kappa shape index (κ3) is 3.14. The largest absolute Gasteiger partial charge is 0.497 e. The van der Waals surface area contributed by atoms with Crippen molar-refractivity contribution < 1.29 is 28.7 Å². The number of benzene rings is 1. The summed E-state index contributed by atoms with van der Waals surface area (Å²) in [6.45, 7) is 1.07. The van der Waals surface area contributed by atoms with E-state index in [4.69, 9.17) is 9.47 Å². The maximum absolute atomic E-state index is 12.1. The number of nitrogens with zero attached hydrogens (tertiary/aromatic N) is 2. The fourth-order valence-electron chi connectivity index (χ4n) is 2.20. The Bertz CT molecular complexity index is 702. The molecule has 5 amide bonds. The minimum atomic E-state index is -1.02. The number of hydrogen-bond donors (Lipinski definition) is 1. The lowest BCUT2D eigenvalue weighted by atomic mass is 10.2. The number of carbonyl (C=O) groups excluding carboxylic acids is 4. The Kier molecular flexibility index (Phi) is 5.02. The van der Waals surface area contributed by atoms with Crippen LogP contribution in [0.2, 0.25) is 0 Å². The molecule has 1 heterocycles. The molecule has 1 saturated heterocycles. The zero-order chi connectivity index (χ0) is 17.9. The monoisotopic (exact) mass is 335 g/mol. The number of nitrogens with one attached hydrogen (secondary N) is 1. The van der Waals surface area contributed by atoms with Crippen molar-refractivity contribution in [1.29, 1.82) is 0 Å². The maximum atomic E-state index is 12.1. The lowest BCUT2D eigenvalue weighted by Gasteiger charge is -2.15. The first kappa shape index (κ1) is 17.3. The van der Waals surface area contributed by atoms with E-state index in [1.165, 1.54) is 14.2 Å². The van der Waals surface area contributed by atoms with E-state index in [0.717, 1.165) is 4.90 Å². The van der Waals surface area contributed by atoms with Crippen molar-refractivity contribution in [2.24, 2.45) is 0 Å². The van der Waals surface area contributed by atoms with E-state index >= 15 is 0 Å². The molecule has 0 unspecified atom stereocenters. The third-order valence-electron chi connectivity index (χ3n) is 3.44. The van der Waals surface area contributed by atoms with Crippen molar-refractivity contribution in [2.75, 3.05) is 32.6 Å². The van der Waals surface area contributed by atoms with Gasteiger partial charge >= 0.3 is 17.8 Å². The zero-order valence-electron chi connectivity index (χ0n) is 13.5. The van der Waals surface area contributed by atoms with Crippen LogP contribution in [-0.4, -0.2) is 60.9 Å². The molecule has 9 nitrogen and oxygen atoms in total. The van der Waals surface area contributed by atoms with Crippen LogP contribution < -0.4 is 14.8 Å². The van der Waals surface area contributed by atoms with E-state index in [9.17, 15) is 19.2 Å². The number of ether oxygens (including phenoxy) is 2. The van der Waals surface area contributed by atoms with E-state index in [0.29, 0.717) is 22.1 Å². The van der Waals surface area contributed by atoms with Gasteiger partial charge in [-0.25, -0.2) is 9.69 Å². The van der Waals surface area contributed by atoms with Crippen LogP contribution in [0.1, 0.15) is 6.92 Å². The predicted octanol–water partition coefficient (Wildman–Crippen LogP) is 0.453. The molecule has 128 valence electrons. The molecule has 2 rings (SSSR count). The Morgan fingerprint density at radius 1 is 1.08 bits per heavy atom. The van der Waals surface area contributed by atoms with Gasteiger partial charge in [0.2, 0.25) is 5.91 Å². The van der Waals surface area contributed by atoms with Crippen molar-refractivity contribution >= 4 is 29.4 Å². The number of carbonyl (C=O) groups is 4. The smallest absolute Gasteiger partial charge is 0.334 e. The SMILES string of the molecule is CCN1C(=O)C(=O)N(CC(=O)Nc2ccc(OC)cc2OC)C1=O. The maximum Gasteiger partial charge on any atom is 0.334 e. The molecule has 24 heavy (non-hydrogen) atoms. The summed E-state index contributed by atoms with van der Waals surface area (Å²) in [6, 6.07) is 3.95. The fourth-order valence-corrected chi connectivity index (χ4v) is 2.20. The van der Waals surface area contributed by atoms with Gasteiger partial charge < -0.3 is 14.8 Å². The van der Waals surface area contributed by atoms with Gasteiger partial charge in [0.15, 0.2) is 0 Å². The van der Waals surface area contributed by atoms with E-state index in [2.05, 4.69) is 5.32 Å². The first-order chi connectivity index (χ1) is 11.4. The second-order valence-corrected chi connectivity index (χ2v) is 4.84. The van der Waals surface area contributed by atoms with E-state index < -0.39 is 30.3 Å². The van der Waals surface area contributed by atoms with Crippen molar-refractivity contribution in [1.82, 2.24) is 9.80 Å². The van der Waals surface area contributed by atoms with Crippen LogP contribution >= 0.6 is 0 Å². The van der Waals surface area contributed by atoms with Crippen LogP contribution in [0, 0.1) is 0 Å². The molecule has 1 aliphatic heterocycles. The highest BCUT2D eigenvalue weighted by atomic mass is 16.5. The lowest BCUT2D eigenvalue weighted by Crippen LogP contribution is -2.39. The molecule has 0 bridgehead atoms. The Morgan fingerprint density at radius 3 is 2.29 bits per heavy atom. The molecule has 1 aromatic rings. The summed E-state index contributed by atoms with van der Waals surface area (Å²) in [5.41, 5.74) is 0.348. The Labute approximate surface area is 138 Å². The third-order valence-corrected chi connectivity index (χ3v) is 3.44. The number of rotatable bonds is 6. The number of imide groups is 2. The van der Waals surface area contributed by atoms with E-state index in [1.54, 1.807) is 25.1 Å². The van der Waals surface area contributed by atoms with Gasteiger partial charge in [0.05, 0.1) is 19.9 Å². The average molecular weight is 335 g/mol. The van der Waals surface area contributed by atoms with Crippen molar-refractivity contribution in [3.63, 3.8) is 0 Å². The summed E-state index contributed by atoms with van der Waals surface area (Å²) in [4.78, 5) is 48.8. The average Bonchev–Trinajstić information content (AvgIpc) is 2.78. The van der Waals surface area contributed by atoms with Crippen LogP contribution in [0.15, 0.2) is 18.2 Å². The standard InChI is InChI=1S/C15H17N3O6/c1-4-17-13(20)14(21)18(15(17)22)8-12(19)16-10-6-5-9(23-2)7-11(10)24-3/h5-7H,4,8H2,1-3H3,(H,16,19). The van der Waals surface area contributed by atoms with Gasteiger partial charge in [-0.1, -0.05) is 0 Å². The molecule has 0 spiro atoms. The quantitative estimate of drug-likeness (QED) is 0.598. The van der Waals surface area contributed by atoms with Gasteiger partial charge in [0.1, 0.15) is 18.0 Å². The highest BCUT2D eigenvalue weighted by molar-refractivity contribution is 6.45. The highest BCUT2D eigenvalue weighted by Crippen LogP contribution is 2.29. The molecular formula is C15H17N3O6. The molecule has 1 fully saturated rings. The van der Waals surface area contributed by atoms with Gasteiger partial charge in [-0.05, 0) is 19.1 Å². The Hall–Kier alpha value is -3.10. The number of urea groups is 1. The highest BCUT2D eigenvalue weighted by Gasteiger charge is 2.44.